The maximum absolute atomic E-state index is 2.42. The molecule has 1 fully saturated rings. The Morgan fingerprint density at radius 3 is 2.50 bits per heavy atom. The van der Waals surface area contributed by atoms with E-state index in [0.29, 0.717) is 0 Å². The van der Waals surface area contributed by atoms with Crippen molar-refractivity contribution in [2.45, 2.75) is 46.5 Å². The molecule has 1 saturated carbocycles. The van der Waals surface area contributed by atoms with E-state index in [1.165, 1.54) is 25.7 Å². The summed E-state index contributed by atoms with van der Waals surface area (Å²) in [6.45, 7) is 7.03. The van der Waals surface area contributed by atoms with Gasteiger partial charge in [0.15, 0.2) is 0 Å². The summed E-state index contributed by atoms with van der Waals surface area (Å²) < 4.78 is 0. The fourth-order valence-electron chi connectivity index (χ4n) is 2.11. The van der Waals surface area contributed by atoms with Crippen LogP contribution in [-0.4, -0.2) is 0 Å². The van der Waals surface area contributed by atoms with Gasteiger partial charge in [-0.25, -0.2) is 0 Å². The van der Waals surface area contributed by atoms with Crippen molar-refractivity contribution in [2.75, 3.05) is 0 Å². The first-order valence-corrected chi connectivity index (χ1v) is 4.79. The number of hydrogen-bond donors (Lipinski definition) is 0. The van der Waals surface area contributed by atoms with Crippen molar-refractivity contribution < 1.29 is 0 Å². The maximum Gasteiger partial charge on any atom is -0.0357 e. The Hall–Kier alpha value is 0. The highest BCUT2D eigenvalue weighted by molar-refractivity contribution is 4.88. The minimum Gasteiger partial charge on any atom is -0.0654 e. The third kappa shape index (κ3) is 1.74. The van der Waals surface area contributed by atoms with Gasteiger partial charge in [-0.1, -0.05) is 40.0 Å². The first kappa shape index (κ1) is 8.10. The average molecular weight is 140 g/mol. The van der Waals surface area contributed by atoms with E-state index in [4.69, 9.17) is 0 Å². The second-order valence-corrected chi connectivity index (χ2v) is 3.83. The minimum absolute atomic E-state index is 1.01. The van der Waals surface area contributed by atoms with Crippen LogP contribution in [0.1, 0.15) is 46.5 Å². The summed E-state index contributed by atoms with van der Waals surface area (Å²) in [4.78, 5) is 0. The van der Waals surface area contributed by atoms with E-state index in [2.05, 4.69) is 20.8 Å². The van der Waals surface area contributed by atoms with Crippen LogP contribution in [0.15, 0.2) is 0 Å². The second-order valence-electron chi connectivity index (χ2n) is 3.83. The summed E-state index contributed by atoms with van der Waals surface area (Å²) in [5.74, 6) is 3.21. The van der Waals surface area contributed by atoms with E-state index in [1.807, 2.05) is 0 Å². The van der Waals surface area contributed by atoms with Crippen molar-refractivity contribution >= 4 is 0 Å². The molecular weight excluding hydrogens is 120 g/mol. The monoisotopic (exact) mass is 140 g/mol. The molecule has 60 valence electrons. The topological polar surface area (TPSA) is 0 Å². The molecule has 0 heteroatoms. The highest BCUT2D eigenvalue weighted by Gasteiger charge is 2.38. The average Bonchev–Trinajstić information content (AvgIpc) is 2.66. The Morgan fingerprint density at radius 1 is 1.40 bits per heavy atom. The van der Waals surface area contributed by atoms with Crippen LogP contribution in [-0.2, 0) is 0 Å². The Bertz CT molecular complexity index is 96.2. The predicted octanol–water partition coefficient (Wildman–Crippen LogP) is 3.47. The zero-order valence-corrected chi connectivity index (χ0v) is 7.56. The molecule has 0 amide bonds. The van der Waals surface area contributed by atoms with Gasteiger partial charge < -0.3 is 0 Å². The fraction of sp³-hybridized carbons (Fsp3) is 1.00. The van der Waals surface area contributed by atoms with Gasteiger partial charge in [0.1, 0.15) is 0 Å². The number of rotatable bonds is 4. The molecular formula is C10H20. The lowest BCUT2D eigenvalue weighted by molar-refractivity contribution is 0.434. The molecule has 1 aliphatic rings. The van der Waals surface area contributed by atoms with E-state index < -0.39 is 0 Å². The first-order valence-electron chi connectivity index (χ1n) is 4.79. The van der Waals surface area contributed by atoms with Gasteiger partial charge in [-0.05, 0) is 24.2 Å². The van der Waals surface area contributed by atoms with E-state index in [-0.39, 0.29) is 0 Å². The van der Waals surface area contributed by atoms with Gasteiger partial charge >= 0.3 is 0 Å². The van der Waals surface area contributed by atoms with Crippen molar-refractivity contribution in [2.24, 2.45) is 17.8 Å². The molecule has 1 aliphatic carbocycles. The molecule has 0 spiro atoms. The fourth-order valence-corrected chi connectivity index (χ4v) is 2.11. The number of hydrogen-bond acceptors (Lipinski definition) is 0. The van der Waals surface area contributed by atoms with Gasteiger partial charge in [0.2, 0.25) is 0 Å². The van der Waals surface area contributed by atoms with Crippen LogP contribution in [0.2, 0.25) is 0 Å². The van der Waals surface area contributed by atoms with Crippen LogP contribution in [0.3, 0.4) is 0 Å². The smallest absolute Gasteiger partial charge is 0.0357 e. The van der Waals surface area contributed by atoms with Crippen molar-refractivity contribution in [1.29, 1.82) is 0 Å². The van der Waals surface area contributed by atoms with Crippen LogP contribution in [0, 0.1) is 17.8 Å². The van der Waals surface area contributed by atoms with Crippen molar-refractivity contribution in [3.05, 3.63) is 0 Å². The van der Waals surface area contributed by atoms with E-state index in [9.17, 15) is 0 Å². The quantitative estimate of drug-likeness (QED) is 0.561. The summed E-state index contributed by atoms with van der Waals surface area (Å²) in [6.07, 6.45) is 5.76. The minimum atomic E-state index is 1.01. The lowest BCUT2D eigenvalue weighted by Gasteiger charge is -2.07. The lowest BCUT2D eigenvalue weighted by Crippen LogP contribution is -1.97. The summed E-state index contributed by atoms with van der Waals surface area (Å²) in [7, 11) is 0. The summed E-state index contributed by atoms with van der Waals surface area (Å²) in [6, 6.07) is 0. The summed E-state index contributed by atoms with van der Waals surface area (Å²) in [5.41, 5.74) is 0. The van der Waals surface area contributed by atoms with Crippen molar-refractivity contribution in [1.82, 2.24) is 0 Å². The van der Waals surface area contributed by atoms with Crippen LogP contribution in [0.4, 0.5) is 0 Å². The van der Waals surface area contributed by atoms with Gasteiger partial charge in [-0.3, -0.25) is 0 Å². The molecule has 3 unspecified atom stereocenters. The first-order chi connectivity index (χ1) is 4.79. The molecule has 10 heavy (non-hydrogen) atoms. The Morgan fingerprint density at radius 2 is 2.10 bits per heavy atom. The van der Waals surface area contributed by atoms with Crippen LogP contribution in [0.5, 0.6) is 0 Å². The highest BCUT2D eigenvalue weighted by Crippen LogP contribution is 2.47. The molecule has 0 radical (unpaired) electrons. The molecule has 0 N–H and O–H groups in total. The van der Waals surface area contributed by atoms with Crippen LogP contribution < -0.4 is 0 Å². The third-order valence-electron chi connectivity index (χ3n) is 2.98. The van der Waals surface area contributed by atoms with Crippen molar-refractivity contribution in [3.8, 4) is 0 Å². The van der Waals surface area contributed by atoms with Gasteiger partial charge in [0.25, 0.3) is 0 Å². The standard InChI is InChI=1S/C10H20/c1-4-6-8(3)10-7-9(10)5-2/h8-10H,4-7H2,1-3H3. The maximum atomic E-state index is 2.42. The van der Waals surface area contributed by atoms with Crippen LogP contribution in [0.25, 0.3) is 0 Å². The zero-order chi connectivity index (χ0) is 7.56. The molecule has 0 bridgehead atoms. The van der Waals surface area contributed by atoms with Gasteiger partial charge in [-0.2, -0.15) is 0 Å². The molecule has 0 heterocycles. The normalized spacial score (nSPS) is 33.9. The molecule has 0 aromatic carbocycles. The molecule has 0 aromatic rings. The SMILES string of the molecule is CCCC(C)C1CC1CC. The summed E-state index contributed by atoms with van der Waals surface area (Å²) in [5, 5.41) is 0. The van der Waals surface area contributed by atoms with Crippen LogP contribution >= 0.6 is 0 Å². The highest BCUT2D eigenvalue weighted by atomic mass is 14.4. The Kier molecular flexibility index (Phi) is 2.76. The molecule has 0 aromatic heterocycles. The Labute approximate surface area is 65.0 Å². The molecule has 0 aliphatic heterocycles. The Balaban J connectivity index is 2.12. The van der Waals surface area contributed by atoms with E-state index in [0.717, 1.165) is 17.8 Å². The molecule has 0 nitrogen and oxygen atoms in total. The van der Waals surface area contributed by atoms with E-state index in [1.54, 1.807) is 0 Å². The van der Waals surface area contributed by atoms with Gasteiger partial charge in [-0.15, -0.1) is 0 Å². The molecule has 1 rings (SSSR count). The van der Waals surface area contributed by atoms with E-state index >= 15 is 0 Å². The zero-order valence-electron chi connectivity index (χ0n) is 7.56. The van der Waals surface area contributed by atoms with Gasteiger partial charge in [0, 0.05) is 0 Å². The van der Waals surface area contributed by atoms with Crippen molar-refractivity contribution in [3.63, 3.8) is 0 Å². The largest absolute Gasteiger partial charge is 0.0654 e. The predicted molar refractivity (Wildman–Crippen MR) is 46.0 cm³/mol. The molecule has 3 atom stereocenters. The lowest BCUT2D eigenvalue weighted by atomic mass is 9.99. The molecule has 0 saturated heterocycles. The van der Waals surface area contributed by atoms with Gasteiger partial charge in [0.05, 0.1) is 0 Å². The summed E-state index contributed by atoms with van der Waals surface area (Å²) >= 11 is 0. The third-order valence-corrected chi connectivity index (χ3v) is 2.98. The second kappa shape index (κ2) is 3.41.